The van der Waals surface area contributed by atoms with Gasteiger partial charge in [0.05, 0.1) is 6.07 Å². The molecule has 6 heteroatoms. The first-order valence-electron chi connectivity index (χ1n) is 8.24. The summed E-state index contributed by atoms with van der Waals surface area (Å²) in [5, 5.41) is 14.0. The van der Waals surface area contributed by atoms with Crippen molar-refractivity contribution in [2.24, 2.45) is 11.3 Å². The van der Waals surface area contributed by atoms with Crippen LogP contribution in [-0.4, -0.2) is 29.0 Å². The molecule has 2 amide bonds. The fourth-order valence-corrected chi connectivity index (χ4v) is 2.70. The molecule has 0 fully saturated rings. The zero-order chi connectivity index (χ0) is 18.3. The summed E-state index contributed by atoms with van der Waals surface area (Å²) < 4.78 is 1.86. The zero-order valence-electron chi connectivity index (χ0n) is 15.2. The van der Waals surface area contributed by atoms with E-state index in [-0.39, 0.29) is 29.7 Å². The third-order valence-corrected chi connectivity index (χ3v) is 3.68. The molecule has 132 valence electrons. The number of carbonyl (C=O) groups is 2. The zero-order valence-corrected chi connectivity index (χ0v) is 15.2. The van der Waals surface area contributed by atoms with Crippen molar-refractivity contribution in [3.05, 3.63) is 24.5 Å². The van der Waals surface area contributed by atoms with E-state index in [1.54, 1.807) is 0 Å². The highest BCUT2D eigenvalue weighted by molar-refractivity contribution is 5.89. The van der Waals surface area contributed by atoms with Gasteiger partial charge in [0, 0.05) is 12.4 Å². The SMILES string of the molecule is CC(C)C[C@H](NC(=O)C(n1cccc1)C(C)(C)C)C(=O)NCC#N. The van der Waals surface area contributed by atoms with E-state index in [1.807, 2.05) is 69.8 Å². The van der Waals surface area contributed by atoms with Crippen molar-refractivity contribution >= 4 is 11.8 Å². The largest absolute Gasteiger partial charge is 0.342 e. The molecule has 1 rings (SSSR count). The van der Waals surface area contributed by atoms with Gasteiger partial charge in [0.15, 0.2) is 0 Å². The lowest BCUT2D eigenvalue weighted by Gasteiger charge is -2.32. The van der Waals surface area contributed by atoms with E-state index in [1.165, 1.54) is 0 Å². The number of rotatable bonds is 7. The molecule has 6 nitrogen and oxygen atoms in total. The minimum Gasteiger partial charge on any atom is -0.342 e. The highest BCUT2D eigenvalue weighted by atomic mass is 16.2. The molecule has 1 unspecified atom stereocenters. The fourth-order valence-electron chi connectivity index (χ4n) is 2.70. The third kappa shape index (κ3) is 5.73. The van der Waals surface area contributed by atoms with E-state index in [0.717, 1.165) is 0 Å². The summed E-state index contributed by atoms with van der Waals surface area (Å²) in [4.78, 5) is 25.1. The van der Waals surface area contributed by atoms with Gasteiger partial charge in [0.1, 0.15) is 18.6 Å². The fraction of sp³-hybridized carbons (Fsp3) is 0.611. The number of nitrogens with zero attached hydrogens (tertiary/aromatic N) is 2. The minimum atomic E-state index is -0.647. The van der Waals surface area contributed by atoms with Crippen molar-refractivity contribution in [3.8, 4) is 6.07 Å². The standard InChI is InChI=1S/C18H28N4O2/c1-13(2)12-14(16(23)20-9-8-19)21-17(24)15(18(3,4)5)22-10-6-7-11-22/h6-7,10-11,13-15H,9,12H2,1-5H3,(H,20,23)(H,21,24)/t14-,15?/m0/s1. The Morgan fingerprint density at radius 3 is 2.21 bits per heavy atom. The maximum absolute atomic E-state index is 12.9. The molecule has 2 atom stereocenters. The van der Waals surface area contributed by atoms with Gasteiger partial charge in [-0.3, -0.25) is 9.59 Å². The van der Waals surface area contributed by atoms with Crippen LogP contribution >= 0.6 is 0 Å². The van der Waals surface area contributed by atoms with Crippen LogP contribution in [0.2, 0.25) is 0 Å². The Labute approximate surface area is 144 Å². The van der Waals surface area contributed by atoms with E-state index in [0.29, 0.717) is 6.42 Å². The number of nitrogens with one attached hydrogen (secondary N) is 2. The van der Waals surface area contributed by atoms with Crippen LogP contribution < -0.4 is 10.6 Å². The van der Waals surface area contributed by atoms with Gasteiger partial charge < -0.3 is 15.2 Å². The van der Waals surface area contributed by atoms with Crippen LogP contribution in [0.1, 0.15) is 47.1 Å². The van der Waals surface area contributed by atoms with Crippen LogP contribution in [0.4, 0.5) is 0 Å². The predicted molar refractivity (Wildman–Crippen MR) is 92.9 cm³/mol. The summed E-state index contributed by atoms with van der Waals surface area (Å²) in [6, 6.07) is 4.55. The van der Waals surface area contributed by atoms with E-state index in [4.69, 9.17) is 5.26 Å². The third-order valence-electron chi connectivity index (χ3n) is 3.68. The molecule has 1 aromatic rings. The molecule has 0 spiro atoms. The predicted octanol–water partition coefficient (Wildman–Crippen LogP) is 2.25. The molecule has 2 N–H and O–H groups in total. The van der Waals surface area contributed by atoms with Gasteiger partial charge in [-0.2, -0.15) is 5.26 Å². The van der Waals surface area contributed by atoms with E-state index >= 15 is 0 Å². The second kappa shape index (κ2) is 8.53. The van der Waals surface area contributed by atoms with Crippen molar-refractivity contribution in [2.75, 3.05) is 6.54 Å². The number of aromatic nitrogens is 1. The number of hydrogen-bond acceptors (Lipinski definition) is 3. The van der Waals surface area contributed by atoms with Gasteiger partial charge in [-0.15, -0.1) is 0 Å². The van der Waals surface area contributed by atoms with Gasteiger partial charge in [0.25, 0.3) is 0 Å². The lowest BCUT2D eigenvalue weighted by molar-refractivity contribution is -0.133. The lowest BCUT2D eigenvalue weighted by atomic mass is 9.85. The van der Waals surface area contributed by atoms with Crippen molar-refractivity contribution < 1.29 is 9.59 Å². The number of amides is 2. The molecule has 0 aliphatic heterocycles. The normalized spacial score (nSPS) is 13.9. The Morgan fingerprint density at radius 1 is 1.17 bits per heavy atom. The Morgan fingerprint density at radius 2 is 1.75 bits per heavy atom. The molecule has 0 saturated heterocycles. The molecular weight excluding hydrogens is 304 g/mol. The van der Waals surface area contributed by atoms with Crippen molar-refractivity contribution in [1.82, 2.24) is 15.2 Å². The summed E-state index contributed by atoms with van der Waals surface area (Å²) >= 11 is 0. The summed E-state index contributed by atoms with van der Waals surface area (Å²) in [7, 11) is 0. The summed E-state index contributed by atoms with van der Waals surface area (Å²) in [5.74, 6) is -0.280. The van der Waals surface area contributed by atoms with Crippen LogP contribution in [0, 0.1) is 22.7 Å². The van der Waals surface area contributed by atoms with E-state index in [2.05, 4.69) is 10.6 Å². The van der Waals surface area contributed by atoms with Crippen molar-refractivity contribution in [2.45, 2.75) is 53.1 Å². The van der Waals surface area contributed by atoms with E-state index in [9.17, 15) is 9.59 Å². The van der Waals surface area contributed by atoms with Gasteiger partial charge in [0.2, 0.25) is 11.8 Å². The number of nitriles is 1. The molecule has 0 aliphatic carbocycles. The monoisotopic (exact) mass is 332 g/mol. The van der Waals surface area contributed by atoms with Gasteiger partial charge >= 0.3 is 0 Å². The van der Waals surface area contributed by atoms with Crippen LogP contribution in [0.15, 0.2) is 24.5 Å². The molecular formula is C18H28N4O2. The quantitative estimate of drug-likeness (QED) is 0.751. The highest BCUT2D eigenvalue weighted by Crippen LogP contribution is 2.31. The molecule has 0 bridgehead atoms. The van der Waals surface area contributed by atoms with Crippen molar-refractivity contribution in [1.29, 1.82) is 5.26 Å². The molecule has 0 radical (unpaired) electrons. The average molecular weight is 332 g/mol. The maximum atomic E-state index is 12.9. The van der Waals surface area contributed by atoms with Gasteiger partial charge in [-0.25, -0.2) is 0 Å². The second-order valence-corrected chi connectivity index (χ2v) is 7.47. The molecule has 0 aliphatic rings. The first-order chi connectivity index (χ1) is 11.2. The van der Waals surface area contributed by atoms with Crippen LogP contribution in [0.25, 0.3) is 0 Å². The van der Waals surface area contributed by atoms with E-state index < -0.39 is 12.1 Å². The van der Waals surface area contributed by atoms with Crippen LogP contribution in [0.5, 0.6) is 0 Å². The molecule has 0 saturated carbocycles. The summed E-state index contributed by atoms with van der Waals surface area (Å²) in [5.41, 5.74) is -0.311. The molecule has 0 aromatic carbocycles. The van der Waals surface area contributed by atoms with Crippen molar-refractivity contribution in [3.63, 3.8) is 0 Å². The average Bonchev–Trinajstić information content (AvgIpc) is 2.95. The topological polar surface area (TPSA) is 86.9 Å². The van der Waals surface area contributed by atoms with Crippen LogP contribution in [-0.2, 0) is 9.59 Å². The maximum Gasteiger partial charge on any atom is 0.244 e. The Balaban J connectivity index is 2.95. The van der Waals surface area contributed by atoms with Gasteiger partial charge in [-0.1, -0.05) is 34.6 Å². The highest BCUT2D eigenvalue weighted by Gasteiger charge is 2.34. The summed E-state index contributed by atoms with van der Waals surface area (Å²) in [6.07, 6.45) is 4.22. The van der Waals surface area contributed by atoms with Gasteiger partial charge in [-0.05, 0) is 29.9 Å². The Kier molecular flexibility index (Phi) is 7.02. The second-order valence-electron chi connectivity index (χ2n) is 7.47. The smallest absolute Gasteiger partial charge is 0.244 e. The first-order valence-corrected chi connectivity index (χ1v) is 8.24. The minimum absolute atomic E-state index is 0.0659. The number of hydrogen-bond donors (Lipinski definition) is 2. The molecule has 24 heavy (non-hydrogen) atoms. The molecule has 1 heterocycles. The Bertz CT molecular complexity index is 579. The summed E-state index contributed by atoms with van der Waals surface area (Å²) in [6.45, 7) is 9.89. The Hall–Kier alpha value is -2.29. The number of carbonyl (C=O) groups excluding carboxylic acids is 2. The van der Waals surface area contributed by atoms with Crippen LogP contribution in [0.3, 0.4) is 0 Å². The first kappa shape index (κ1) is 19.8. The lowest BCUT2D eigenvalue weighted by Crippen LogP contribution is -2.51. The molecule has 1 aromatic heterocycles.